The molecule has 1 saturated heterocycles. The molecule has 0 bridgehead atoms. The van der Waals surface area contributed by atoms with Crippen LogP contribution in [0.1, 0.15) is 30.5 Å². The highest BCUT2D eigenvalue weighted by atomic mass is 16.5. The minimum Gasteiger partial charge on any atom is -0.283 e. The minimum absolute atomic E-state index is 0.128. The second kappa shape index (κ2) is 6.21. The van der Waals surface area contributed by atoms with E-state index in [4.69, 9.17) is 4.52 Å². The van der Waals surface area contributed by atoms with Crippen LogP contribution in [0.3, 0.4) is 0 Å². The monoisotopic (exact) mass is 357 g/mol. The normalized spacial score (nSPS) is 20.4. The molecule has 1 unspecified atom stereocenters. The highest BCUT2D eigenvalue weighted by Crippen LogP contribution is 2.34. The summed E-state index contributed by atoms with van der Waals surface area (Å²) >= 11 is 0. The highest BCUT2D eigenvalue weighted by molar-refractivity contribution is 6.22. The third-order valence-electron chi connectivity index (χ3n) is 5.08. The van der Waals surface area contributed by atoms with Crippen molar-refractivity contribution in [3.63, 3.8) is 0 Å². The van der Waals surface area contributed by atoms with E-state index in [1.54, 1.807) is 19.2 Å². The zero-order chi connectivity index (χ0) is 18.4. The number of carbonyl (C=O) groups is 2. The van der Waals surface area contributed by atoms with Crippen LogP contribution in [0.2, 0.25) is 0 Å². The van der Waals surface area contributed by atoms with Crippen molar-refractivity contribution >= 4 is 17.5 Å². The molecule has 1 aromatic heterocycles. The second-order valence-electron chi connectivity index (χ2n) is 7.01. The molecule has 1 N–H and O–H groups in total. The van der Waals surface area contributed by atoms with Gasteiger partial charge in [0.15, 0.2) is 7.05 Å². The number of nitrogens with one attached hydrogen (secondary N) is 1. The summed E-state index contributed by atoms with van der Waals surface area (Å²) < 4.78 is 6.31. The molecule has 0 spiro atoms. The summed E-state index contributed by atoms with van der Waals surface area (Å²) in [7, 11) is 1.69. The number of imide groups is 1. The van der Waals surface area contributed by atoms with Crippen molar-refractivity contribution in [3.8, 4) is 0 Å². The Hall–Kier alpha value is -2.74. The van der Waals surface area contributed by atoms with E-state index in [-0.39, 0.29) is 30.8 Å². The predicted molar refractivity (Wildman–Crippen MR) is 91.1 cm³/mol. The summed E-state index contributed by atoms with van der Waals surface area (Å²) in [4.78, 5) is 40.7. The van der Waals surface area contributed by atoms with E-state index in [0.29, 0.717) is 11.4 Å². The summed E-state index contributed by atoms with van der Waals surface area (Å²) in [6.45, 7) is 2.23. The van der Waals surface area contributed by atoms with Crippen LogP contribution >= 0.6 is 0 Å². The molecule has 136 valence electrons. The van der Waals surface area contributed by atoms with Crippen molar-refractivity contribution in [1.82, 2.24) is 10.2 Å². The van der Waals surface area contributed by atoms with E-state index in [1.807, 2.05) is 24.0 Å². The van der Waals surface area contributed by atoms with E-state index in [0.717, 1.165) is 18.4 Å². The average molecular weight is 357 g/mol. The maximum atomic E-state index is 13.0. The fourth-order valence-electron chi connectivity index (χ4n) is 3.44. The fraction of sp³-hybridized carbons (Fsp3) is 0.444. The Balaban J connectivity index is 1.61. The van der Waals surface area contributed by atoms with Crippen LogP contribution < -0.4 is 15.2 Å². The van der Waals surface area contributed by atoms with Crippen molar-refractivity contribution in [1.29, 1.82) is 0 Å². The molecule has 0 radical (unpaired) electrons. The Morgan fingerprint density at radius 1 is 1.23 bits per heavy atom. The lowest BCUT2D eigenvalue weighted by Crippen LogP contribution is -2.47. The average Bonchev–Trinajstić information content (AvgIpc) is 3.35. The number of rotatable bonds is 5. The van der Waals surface area contributed by atoms with Crippen LogP contribution in [0.15, 0.2) is 33.6 Å². The molecule has 8 heteroatoms. The summed E-state index contributed by atoms with van der Waals surface area (Å²) in [5.74, 6) is -0.437. The zero-order valence-corrected chi connectivity index (χ0v) is 14.8. The van der Waals surface area contributed by atoms with Crippen molar-refractivity contribution in [3.05, 3.63) is 45.9 Å². The van der Waals surface area contributed by atoms with E-state index >= 15 is 0 Å². The van der Waals surface area contributed by atoms with Gasteiger partial charge in [0.2, 0.25) is 5.91 Å². The van der Waals surface area contributed by atoms with Crippen LogP contribution in [0.5, 0.6) is 0 Å². The van der Waals surface area contributed by atoms with Crippen LogP contribution in [0.4, 0.5) is 5.69 Å². The molecule has 1 saturated carbocycles. The number of hydrogen-bond donors (Lipinski definition) is 1. The van der Waals surface area contributed by atoms with Gasteiger partial charge in [-0.15, -0.1) is 0 Å². The molecule has 1 aromatic carbocycles. The first-order chi connectivity index (χ1) is 12.5. The number of carbonyl (C=O) groups excluding carboxylic acids is 2. The number of hydrogen-bond acceptors (Lipinski definition) is 5. The zero-order valence-electron chi connectivity index (χ0n) is 14.8. The van der Waals surface area contributed by atoms with E-state index in [1.165, 1.54) is 9.58 Å². The van der Waals surface area contributed by atoms with Crippen molar-refractivity contribution in [2.24, 2.45) is 7.05 Å². The molecule has 26 heavy (non-hydrogen) atoms. The van der Waals surface area contributed by atoms with Gasteiger partial charge in [0, 0.05) is 6.04 Å². The molecule has 2 heterocycles. The third-order valence-corrected chi connectivity index (χ3v) is 5.08. The Kier molecular flexibility index (Phi) is 3.99. The summed E-state index contributed by atoms with van der Waals surface area (Å²) in [6, 6.07) is 7.00. The van der Waals surface area contributed by atoms with Gasteiger partial charge >= 0.3 is 11.3 Å². The maximum Gasteiger partial charge on any atom is 0.431 e. The number of benzene rings is 1. The largest absolute Gasteiger partial charge is 0.431 e. The molecular weight excluding hydrogens is 336 g/mol. The summed E-state index contributed by atoms with van der Waals surface area (Å²) in [6.07, 6.45) is 2.05. The number of anilines is 1. The molecule has 2 aromatic rings. The van der Waals surface area contributed by atoms with Crippen molar-refractivity contribution in [2.45, 2.75) is 44.8 Å². The number of H-pyrrole nitrogens is 1. The first-order valence-electron chi connectivity index (χ1n) is 8.71. The molecule has 1 aliphatic heterocycles. The van der Waals surface area contributed by atoms with Gasteiger partial charge in [-0.1, -0.05) is 22.4 Å². The first-order valence-corrected chi connectivity index (χ1v) is 8.71. The van der Waals surface area contributed by atoms with Crippen molar-refractivity contribution < 1.29 is 18.8 Å². The van der Waals surface area contributed by atoms with E-state index < -0.39 is 11.7 Å². The quantitative estimate of drug-likeness (QED) is 0.618. The molecule has 1 atom stereocenters. The summed E-state index contributed by atoms with van der Waals surface area (Å²) in [5, 5.41) is 2.49. The number of amides is 2. The summed E-state index contributed by atoms with van der Waals surface area (Å²) in [5.41, 5.74) is 1.64. The van der Waals surface area contributed by atoms with Gasteiger partial charge in [-0.25, -0.2) is 9.69 Å². The molecule has 2 fully saturated rings. The second-order valence-corrected chi connectivity index (χ2v) is 7.01. The number of nitrogens with zero attached hydrogens (tertiary/aromatic N) is 3. The standard InChI is InChI=1S/C18H20N4O4/c1-11-3-5-13(6-4-11)22-16(23)9-14(17(22)24)21(12-7-8-12)10-15-18(25)26-19-20(15)2/h3-6,12,14H,7-10H2,1-2H3/p+1. The highest BCUT2D eigenvalue weighted by Gasteiger charge is 2.48. The van der Waals surface area contributed by atoms with Crippen molar-refractivity contribution in [2.75, 3.05) is 4.90 Å². The van der Waals surface area contributed by atoms with Crippen LogP contribution in [-0.2, 0) is 23.2 Å². The lowest BCUT2D eigenvalue weighted by molar-refractivity contribution is -0.747. The Bertz CT molecular complexity index is 910. The van der Waals surface area contributed by atoms with Crippen LogP contribution in [0, 0.1) is 6.92 Å². The lowest BCUT2D eigenvalue weighted by Gasteiger charge is -2.25. The Morgan fingerprint density at radius 3 is 2.50 bits per heavy atom. The van der Waals surface area contributed by atoms with Gasteiger partial charge in [0.25, 0.3) is 5.91 Å². The molecular formula is C18H21N4O4+. The van der Waals surface area contributed by atoms with E-state index in [2.05, 4.69) is 5.27 Å². The fourth-order valence-corrected chi connectivity index (χ4v) is 3.44. The lowest BCUT2D eigenvalue weighted by atomic mass is 10.2. The number of aryl methyl sites for hydroxylation is 2. The molecule has 2 amide bonds. The van der Waals surface area contributed by atoms with Gasteiger partial charge in [-0.05, 0) is 37.2 Å². The molecule has 2 aliphatic rings. The van der Waals surface area contributed by atoms with Gasteiger partial charge in [-0.2, -0.15) is 0 Å². The van der Waals surface area contributed by atoms with E-state index in [9.17, 15) is 14.4 Å². The van der Waals surface area contributed by atoms with Crippen LogP contribution in [0.25, 0.3) is 0 Å². The smallest absolute Gasteiger partial charge is 0.283 e. The number of aromatic amines is 1. The van der Waals surface area contributed by atoms with Gasteiger partial charge in [0.05, 0.1) is 24.7 Å². The molecule has 8 nitrogen and oxygen atoms in total. The number of aromatic nitrogens is 2. The van der Waals surface area contributed by atoms with Crippen LogP contribution in [-0.4, -0.2) is 34.1 Å². The van der Waals surface area contributed by atoms with Gasteiger partial charge in [0.1, 0.15) is 0 Å². The maximum absolute atomic E-state index is 13.0. The van der Waals surface area contributed by atoms with Gasteiger partial charge < -0.3 is 0 Å². The predicted octanol–water partition coefficient (Wildman–Crippen LogP) is 0.397. The third kappa shape index (κ3) is 2.86. The molecule has 1 aliphatic carbocycles. The first kappa shape index (κ1) is 16.7. The Morgan fingerprint density at radius 2 is 1.92 bits per heavy atom. The minimum atomic E-state index is -0.550. The topological polar surface area (TPSA) is 90.5 Å². The Labute approximate surface area is 149 Å². The SMILES string of the molecule is Cc1ccc(N2C(=O)CC(N(Cc3c(=O)o[nH][n+]3C)C3CC3)C2=O)cc1. The van der Waals surface area contributed by atoms with Gasteiger partial charge in [-0.3, -0.25) is 19.0 Å². The molecule has 4 rings (SSSR count).